The molecule has 0 bridgehead atoms. The largest absolute Gasteiger partial charge is 0.329 e. The van der Waals surface area contributed by atoms with E-state index in [4.69, 9.17) is 5.73 Å². The summed E-state index contributed by atoms with van der Waals surface area (Å²) in [5, 5.41) is 11.1. The van der Waals surface area contributed by atoms with Crippen LogP contribution in [0.15, 0.2) is 23.1 Å². The van der Waals surface area contributed by atoms with E-state index in [1.807, 2.05) is 6.92 Å². The molecule has 22 heavy (non-hydrogen) atoms. The van der Waals surface area contributed by atoms with Crippen molar-refractivity contribution in [2.24, 2.45) is 11.7 Å². The molecule has 0 spiro atoms. The fourth-order valence-electron chi connectivity index (χ4n) is 2.87. The molecule has 2 rings (SSSR count). The van der Waals surface area contributed by atoms with Crippen molar-refractivity contribution in [3.63, 3.8) is 0 Å². The molecule has 2 N–H and O–H groups in total. The Balaban J connectivity index is 2.58. The van der Waals surface area contributed by atoms with E-state index in [2.05, 4.69) is 0 Å². The molecule has 0 amide bonds. The first kappa shape index (κ1) is 16.8. The topological polar surface area (TPSA) is 107 Å². The van der Waals surface area contributed by atoms with Gasteiger partial charge < -0.3 is 5.73 Å². The summed E-state index contributed by atoms with van der Waals surface area (Å²) >= 11 is 0. The van der Waals surface area contributed by atoms with Crippen molar-refractivity contribution in [3.8, 4) is 0 Å². The number of nitrogens with two attached hydrogens (primary N) is 1. The maximum atomic E-state index is 14.0. The van der Waals surface area contributed by atoms with Gasteiger partial charge in [0.25, 0.3) is 15.7 Å². The van der Waals surface area contributed by atoms with E-state index < -0.39 is 37.4 Å². The van der Waals surface area contributed by atoms with Crippen LogP contribution < -0.4 is 5.73 Å². The molecule has 1 aromatic carbocycles. The zero-order valence-corrected chi connectivity index (χ0v) is 12.9. The van der Waals surface area contributed by atoms with Crippen LogP contribution in [0.1, 0.15) is 19.8 Å². The Labute approximate surface area is 128 Å². The molecular weight excluding hydrogens is 313 g/mol. The predicted octanol–water partition coefficient (Wildman–Crippen LogP) is 1.48. The van der Waals surface area contributed by atoms with Gasteiger partial charge in [0.05, 0.1) is 4.92 Å². The average Bonchev–Trinajstić information content (AvgIpc) is 2.46. The van der Waals surface area contributed by atoms with Gasteiger partial charge in [-0.15, -0.1) is 0 Å². The van der Waals surface area contributed by atoms with E-state index in [0.717, 1.165) is 28.9 Å². The molecule has 1 aliphatic rings. The van der Waals surface area contributed by atoms with Gasteiger partial charge in [-0.2, -0.15) is 4.31 Å². The van der Waals surface area contributed by atoms with Crippen LogP contribution in [0.4, 0.5) is 10.1 Å². The lowest BCUT2D eigenvalue weighted by molar-refractivity contribution is -0.388. The van der Waals surface area contributed by atoms with E-state index in [9.17, 15) is 22.9 Å². The number of rotatable bonds is 4. The van der Waals surface area contributed by atoms with Crippen LogP contribution in [0.5, 0.6) is 0 Å². The molecule has 0 aromatic heterocycles. The quantitative estimate of drug-likeness (QED) is 0.664. The molecule has 0 aliphatic carbocycles. The number of piperidine rings is 1. The summed E-state index contributed by atoms with van der Waals surface area (Å²) < 4.78 is 40.7. The van der Waals surface area contributed by atoms with Gasteiger partial charge in [0, 0.05) is 25.2 Å². The minimum absolute atomic E-state index is 0.0133. The van der Waals surface area contributed by atoms with Crippen LogP contribution in [0, 0.1) is 21.8 Å². The summed E-state index contributed by atoms with van der Waals surface area (Å²) in [6.45, 7) is 2.14. The SMILES string of the molecule is CC1CCCN(S(=O)(=O)c2c(F)cccc2[N+](=O)[O-])C1CN. The second-order valence-electron chi connectivity index (χ2n) is 5.38. The van der Waals surface area contributed by atoms with Crippen LogP contribution in [0.25, 0.3) is 0 Å². The second kappa shape index (κ2) is 6.27. The lowest BCUT2D eigenvalue weighted by atomic mass is 9.93. The van der Waals surface area contributed by atoms with Gasteiger partial charge >= 0.3 is 0 Å². The Kier molecular flexibility index (Phi) is 4.78. The van der Waals surface area contributed by atoms with Gasteiger partial charge in [0.1, 0.15) is 5.82 Å². The van der Waals surface area contributed by atoms with E-state index >= 15 is 0 Å². The first-order chi connectivity index (χ1) is 10.3. The number of sulfonamides is 1. The molecule has 1 heterocycles. The Bertz CT molecular complexity index is 680. The number of nitro groups is 1. The molecule has 2 unspecified atom stereocenters. The van der Waals surface area contributed by atoms with Gasteiger partial charge in [0.15, 0.2) is 4.90 Å². The van der Waals surface area contributed by atoms with Crippen LogP contribution in [0.3, 0.4) is 0 Å². The molecule has 1 aromatic rings. The fraction of sp³-hybridized carbons (Fsp3) is 0.538. The Hall–Kier alpha value is -1.58. The summed E-state index contributed by atoms with van der Waals surface area (Å²) in [6.07, 6.45) is 1.42. The highest BCUT2D eigenvalue weighted by Gasteiger charge is 2.41. The summed E-state index contributed by atoms with van der Waals surface area (Å²) in [5.41, 5.74) is 4.91. The first-order valence-electron chi connectivity index (χ1n) is 6.95. The van der Waals surface area contributed by atoms with Crippen molar-refractivity contribution in [1.29, 1.82) is 0 Å². The smallest absolute Gasteiger partial charge is 0.292 e. The summed E-state index contributed by atoms with van der Waals surface area (Å²) in [5.74, 6) is -1.11. The zero-order chi connectivity index (χ0) is 16.5. The van der Waals surface area contributed by atoms with Gasteiger partial charge in [-0.3, -0.25) is 10.1 Å². The number of hydrogen-bond donors (Lipinski definition) is 1. The standard InChI is InChI=1S/C13H18FN3O4S/c1-9-4-3-7-16(12(9)8-15)22(20,21)13-10(14)5-2-6-11(13)17(18)19/h2,5-6,9,12H,3-4,7-8,15H2,1H3. The van der Waals surface area contributed by atoms with Gasteiger partial charge in [0.2, 0.25) is 0 Å². The lowest BCUT2D eigenvalue weighted by Crippen LogP contribution is -2.51. The molecule has 0 saturated carbocycles. The number of nitro benzene ring substituents is 1. The van der Waals surface area contributed by atoms with Crippen molar-refractivity contribution in [2.45, 2.75) is 30.7 Å². The Morgan fingerprint density at radius 3 is 2.77 bits per heavy atom. The van der Waals surface area contributed by atoms with Crippen LogP contribution >= 0.6 is 0 Å². The highest BCUT2D eigenvalue weighted by Crippen LogP contribution is 2.34. The zero-order valence-electron chi connectivity index (χ0n) is 12.1. The highest BCUT2D eigenvalue weighted by molar-refractivity contribution is 7.89. The number of nitrogens with zero attached hydrogens (tertiary/aromatic N) is 2. The summed E-state index contributed by atoms with van der Waals surface area (Å²) in [4.78, 5) is 9.28. The van der Waals surface area contributed by atoms with Gasteiger partial charge in [-0.05, 0) is 24.8 Å². The maximum absolute atomic E-state index is 14.0. The van der Waals surface area contributed by atoms with E-state index in [-0.39, 0.29) is 19.0 Å². The monoisotopic (exact) mass is 331 g/mol. The Morgan fingerprint density at radius 2 is 2.18 bits per heavy atom. The third kappa shape index (κ3) is 2.83. The third-order valence-corrected chi connectivity index (χ3v) is 6.01. The molecule has 1 fully saturated rings. The van der Waals surface area contributed by atoms with Crippen LogP contribution in [-0.2, 0) is 10.0 Å². The number of benzene rings is 1. The number of halogens is 1. The minimum Gasteiger partial charge on any atom is -0.329 e. The molecule has 2 atom stereocenters. The molecule has 122 valence electrons. The minimum atomic E-state index is -4.33. The van der Waals surface area contributed by atoms with Gasteiger partial charge in [-0.25, -0.2) is 12.8 Å². The highest BCUT2D eigenvalue weighted by atomic mass is 32.2. The van der Waals surface area contributed by atoms with Crippen molar-refractivity contribution in [1.82, 2.24) is 4.31 Å². The number of hydrogen-bond acceptors (Lipinski definition) is 5. The summed E-state index contributed by atoms with van der Waals surface area (Å²) in [7, 11) is -4.33. The molecule has 1 aliphatic heterocycles. The molecule has 1 saturated heterocycles. The lowest BCUT2D eigenvalue weighted by Gasteiger charge is -2.38. The molecule has 7 nitrogen and oxygen atoms in total. The second-order valence-corrected chi connectivity index (χ2v) is 7.21. The average molecular weight is 331 g/mol. The van der Waals surface area contributed by atoms with Crippen molar-refractivity contribution >= 4 is 15.7 Å². The first-order valence-corrected chi connectivity index (χ1v) is 8.39. The van der Waals surface area contributed by atoms with Gasteiger partial charge in [-0.1, -0.05) is 13.0 Å². The normalized spacial score (nSPS) is 23.4. The van der Waals surface area contributed by atoms with E-state index in [0.29, 0.717) is 6.42 Å². The van der Waals surface area contributed by atoms with Crippen LogP contribution in [0.2, 0.25) is 0 Å². The van der Waals surface area contributed by atoms with Crippen molar-refractivity contribution in [3.05, 3.63) is 34.1 Å². The summed E-state index contributed by atoms with van der Waals surface area (Å²) in [6, 6.07) is 2.52. The van der Waals surface area contributed by atoms with Crippen molar-refractivity contribution < 1.29 is 17.7 Å². The maximum Gasteiger partial charge on any atom is 0.292 e. The molecular formula is C13H18FN3O4S. The van der Waals surface area contributed by atoms with Crippen molar-refractivity contribution in [2.75, 3.05) is 13.1 Å². The van der Waals surface area contributed by atoms with Crippen LogP contribution in [-0.4, -0.2) is 36.8 Å². The Morgan fingerprint density at radius 1 is 1.50 bits per heavy atom. The van der Waals surface area contributed by atoms with E-state index in [1.165, 1.54) is 0 Å². The third-order valence-electron chi connectivity index (χ3n) is 4.02. The predicted molar refractivity (Wildman–Crippen MR) is 78.2 cm³/mol. The van der Waals surface area contributed by atoms with E-state index in [1.54, 1.807) is 0 Å². The molecule has 9 heteroatoms. The molecule has 0 radical (unpaired) electrons. The fourth-order valence-corrected chi connectivity index (χ4v) is 4.85.